The minimum atomic E-state index is 0.309. The molecular formula is C31H28Cl2N4O. The van der Waals surface area contributed by atoms with E-state index in [9.17, 15) is 5.11 Å². The Morgan fingerprint density at radius 3 is 2.05 bits per heavy atom. The van der Waals surface area contributed by atoms with Gasteiger partial charge in [-0.05, 0) is 91.7 Å². The maximum absolute atomic E-state index is 10.4. The van der Waals surface area contributed by atoms with Crippen molar-refractivity contribution < 1.29 is 5.11 Å². The molecule has 1 fully saturated rings. The van der Waals surface area contributed by atoms with Crippen LogP contribution in [0.3, 0.4) is 0 Å². The molecule has 0 saturated carbocycles. The number of phenolic OH excluding ortho intramolecular Hbond substituents is 1. The maximum atomic E-state index is 10.4. The van der Waals surface area contributed by atoms with Crippen LogP contribution in [0.4, 0.5) is 11.5 Å². The normalized spacial score (nSPS) is 14.1. The molecule has 2 heterocycles. The second-order valence-electron chi connectivity index (χ2n) is 9.26. The minimum Gasteiger partial charge on any atom is -0.508 e. The molecule has 4 aromatic rings. The second kappa shape index (κ2) is 12.3. The summed E-state index contributed by atoms with van der Waals surface area (Å²) >= 11 is 12.0. The van der Waals surface area contributed by atoms with Gasteiger partial charge in [0.05, 0.1) is 5.69 Å². The lowest BCUT2D eigenvalue weighted by Crippen LogP contribution is -2.18. The topological polar surface area (TPSA) is 61.3 Å². The molecule has 3 aromatic carbocycles. The van der Waals surface area contributed by atoms with E-state index in [-0.39, 0.29) is 0 Å². The molecule has 38 heavy (non-hydrogen) atoms. The highest BCUT2D eigenvalue weighted by Crippen LogP contribution is 2.27. The summed E-state index contributed by atoms with van der Waals surface area (Å²) < 4.78 is 0. The van der Waals surface area contributed by atoms with Gasteiger partial charge in [0.1, 0.15) is 11.6 Å². The van der Waals surface area contributed by atoms with Gasteiger partial charge in [0.25, 0.3) is 0 Å². The van der Waals surface area contributed by atoms with Gasteiger partial charge in [-0.2, -0.15) is 0 Å². The number of likely N-dealkylation sites (tertiary alicyclic amines) is 1. The Hall–Kier alpha value is -3.64. The van der Waals surface area contributed by atoms with E-state index in [1.54, 1.807) is 6.07 Å². The minimum absolute atomic E-state index is 0.309. The van der Waals surface area contributed by atoms with Crippen molar-refractivity contribution in [3.05, 3.63) is 111 Å². The van der Waals surface area contributed by atoms with Gasteiger partial charge >= 0.3 is 0 Å². The number of rotatable bonds is 8. The zero-order valence-corrected chi connectivity index (χ0v) is 22.3. The first-order valence-electron chi connectivity index (χ1n) is 12.6. The van der Waals surface area contributed by atoms with Crippen molar-refractivity contribution in [3.63, 3.8) is 0 Å². The molecule has 1 aliphatic heterocycles. The summed E-state index contributed by atoms with van der Waals surface area (Å²) in [4.78, 5) is 11.8. The van der Waals surface area contributed by atoms with Crippen LogP contribution in [0.1, 0.15) is 41.1 Å². The second-order valence-corrected chi connectivity index (χ2v) is 10.1. The number of nitrogens with zero attached hydrogens (tertiary/aromatic N) is 3. The van der Waals surface area contributed by atoms with Crippen LogP contribution in [-0.4, -0.2) is 33.1 Å². The molecule has 0 bridgehead atoms. The molecule has 5 rings (SSSR count). The number of anilines is 2. The fraction of sp³-hybridized carbons (Fsp3) is 0.161. The van der Waals surface area contributed by atoms with Crippen LogP contribution in [0.2, 0.25) is 10.0 Å². The number of aromatic hydroxyl groups is 1. The van der Waals surface area contributed by atoms with Crippen molar-refractivity contribution in [1.29, 1.82) is 0 Å². The molecule has 0 spiro atoms. The molecule has 0 amide bonds. The Labute approximate surface area is 233 Å². The Kier molecular flexibility index (Phi) is 8.39. The number of nitrogens with one attached hydrogen (secondary N) is 1. The van der Waals surface area contributed by atoms with E-state index in [1.807, 2.05) is 91.0 Å². The van der Waals surface area contributed by atoms with Gasteiger partial charge in [0, 0.05) is 33.9 Å². The van der Waals surface area contributed by atoms with Gasteiger partial charge in [-0.15, -0.1) is 0 Å². The highest BCUT2D eigenvalue weighted by molar-refractivity contribution is 6.30. The average Bonchev–Trinajstić information content (AvgIpc) is 3.43. The highest BCUT2D eigenvalue weighted by Gasteiger charge is 2.14. The molecular weight excluding hydrogens is 515 g/mol. The molecule has 1 aliphatic rings. The van der Waals surface area contributed by atoms with Crippen LogP contribution in [0.25, 0.3) is 24.3 Å². The molecule has 5 nitrogen and oxygen atoms in total. The number of phenols is 1. The van der Waals surface area contributed by atoms with Gasteiger partial charge in [-0.25, -0.2) is 9.97 Å². The summed E-state index contributed by atoms with van der Waals surface area (Å²) in [6, 6.07) is 22.7. The molecule has 0 aliphatic carbocycles. The van der Waals surface area contributed by atoms with Crippen molar-refractivity contribution in [2.24, 2.45) is 0 Å². The SMILES string of the molecule is Oc1ccc(Nc2cc(/C=C/c3ccc(Cl)cc3)nc(/C=C/c3ccc(Cl)cc3)n2)cc1CN1CCCC1. The number of hydrogen-bond donors (Lipinski definition) is 2. The molecule has 1 aromatic heterocycles. The molecule has 7 heteroatoms. The van der Waals surface area contributed by atoms with Crippen LogP contribution >= 0.6 is 23.2 Å². The van der Waals surface area contributed by atoms with Gasteiger partial charge in [-0.3, -0.25) is 4.90 Å². The van der Waals surface area contributed by atoms with Crippen LogP contribution in [0.5, 0.6) is 5.75 Å². The zero-order valence-electron chi connectivity index (χ0n) is 20.8. The maximum Gasteiger partial charge on any atom is 0.154 e. The smallest absolute Gasteiger partial charge is 0.154 e. The molecule has 2 N–H and O–H groups in total. The molecule has 0 atom stereocenters. The molecule has 1 saturated heterocycles. The van der Waals surface area contributed by atoms with Crippen molar-refractivity contribution in [2.45, 2.75) is 19.4 Å². The standard InChI is InChI=1S/C31H28Cl2N4O/c32-25-9-3-22(4-10-25)7-13-28-20-31(36-30(34-28)16-8-23-5-11-26(33)12-6-23)35-27-14-15-29(38)24(19-27)21-37-17-1-2-18-37/h3-16,19-20,38H,1-2,17-18,21H2,(H,34,35,36)/b13-7+,16-8+. The number of hydrogen-bond acceptors (Lipinski definition) is 5. The van der Waals surface area contributed by atoms with Crippen molar-refractivity contribution in [3.8, 4) is 5.75 Å². The third-order valence-electron chi connectivity index (χ3n) is 6.32. The van der Waals surface area contributed by atoms with Crippen LogP contribution < -0.4 is 5.32 Å². The molecule has 0 unspecified atom stereocenters. The predicted octanol–water partition coefficient (Wildman–Crippen LogP) is 8.17. The Balaban J connectivity index is 1.42. The van der Waals surface area contributed by atoms with E-state index in [1.165, 1.54) is 12.8 Å². The van der Waals surface area contributed by atoms with E-state index in [2.05, 4.69) is 10.2 Å². The summed E-state index contributed by atoms with van der Waals surface area (Å²) in [6.07, 6.45) is 10.2. The average molecular weight is 543 g/mol. The lowest BCUT2D eigenvalue weighted by molar-refractivity contribution is 0.324. The lowest BCUT2D eigenvalue weighted by Gasteiger charge is -2.16. The summed E-state index contributed by atoms with van der Waals surface area (Å²) in [5, 5.41) is 15.2. The fourth-order valence-corrected chi connectivity index (χ4v) is 4.58. The quantitative estimate of drug-likeness (QED) is 0.220. The Morgan fingerprint density at radius 1 is 0.763 bits per heavy atom. The Morgan fingerprint density at radius 2 is 1.39 bits per heavy atom. The third kappa shape index (κ3) is 7.23. The first kappa shape index (κ1) is 26.0. The highest BCUT2D eigenvalue weighted by atomic mass is 35.5. The third-order valence-corrected chi connectivity index (χ3v) is 6.82. The number of aromatic nitrogens is 2. The van der Waals surface area contributed by atoms with Gasteiger partial charge in [-0.1, -0.05) is 59.6 Å². The molecule has 0 radical (unpaired) electrons. The largest absolute Gasteiger partial charge is 0.508 e. The van der Waals surface area contributed by atoms with Crippen molar-refractivity contribution >= 4 is 59.0 Å². The van der Waals surface area contributed by atoms with Crippen molar-refractivity contribution in [2.75, 3.05) is 18.4 Å². The molecule has 192 valence electrons. The monoisotopic (exact) mass is 542 g/mol. The number of benzene rings is 3. The van der Waals surface area contributed by atoms with Crippen LogP contribution in [0.15, 0.2) is 72.8 Å². The van der Waals surface area contributed by atoms with Crippen molar-refractivity contribution in [1.82, 2.24) is 14.9 Å². The van der Waals surface area contributed by atoms with Gasteiger partial charge < -0.3 is 10.4 Å². The van der Waals surface area contributed by atoms with E-state index >= 15 is 0 Å². The van der Waals surface area contributed by atoms with Crippen LogP contribution in [-0.2, 0) is 6.54 Å². The zero-order chi connectivity index (χ0) is 26.3. The summed E-state index contributed by atoms with van der Waals surface area (Å²) in [5.41, 5.74) is 4.53. The fourth-order valence-electron chi connectivity index (χ4n) is 4.33. The van der Waals surface area contributed by atoms with E-state index in [4.69, 9.17) is 33.2 Å². The predicted molar refractivity (Wildman–Crippen MR) is 159 cm³/mol. The first-order valence-corrected chi connectivity index (χ1v) is 13.3. The lowest BCUT2D eigenvalue weighted by atomic mass is 10.1. The Bertz CT molecular complexity index is 1370. The summed E-state index contributed by atoms with van der Waals surface area (Å²) in [7, 11) is 0. The van der Waals surface area contributed by atoms with E-state index in [0.717, 1.165) is 47.7 Å². The van der Waals surface area contributed by atoms with Crippen LogP contribution in [0, 0.1) is 0 Å². The summed E-state index contributed by atoms with van der Waals surface area (Å²) in [6.45, 7) is 2.86. The van der Waals surface area contributed by atoms with E-state index in [0.29, 0.717) is 27.4 Å². The summed E-state index contributed by atoms with van der Waals surface area (Å²) in [5.74, 6) is 1.53. The van der Waals surface area contributed by atoms with Gasteiger partial charge in [0.2, 0.25) is 0 Å². The van der Waals surface area contributed by atoms with Gasteiger partial charge in [0.15, 0.2) is 5.82 Å². The number of halogens is 2. The first-order chi connectivity index (χ1) is 18.5. The van der Waals surface area contributed by atoms with E-state index < -0.39 is 0 Å².